The number of rotatable bonds is 7. The molecule has 1 unspecified atom stereocenters. The highest BCUT2D eigenvalue weighted by Crippen LogP contribution is 2.34. The maximum absolute atomic E-state index is 12.8. The van der Waals surface area contributed by atoms with Crippen molar-refractivity contribution < 1.29 is 14.3 Å². The third-order valence-corrected chi connectivity index (χ3v) is 4.23. The van der Waals surface area contributed by atoms with Gasteiger partial charge in [-0.2, -0.15) is 0 Å². The standard InChI is InChI=1S/C18H26N2O3/c1-5-6-14-9-15(10-16(22-3)17(14)23-4)18(21)20-8-7-13(12-20)11-19-2/h5,9-10,13,19H,1,6-8,11-12H2,2-4H3. The Labute approximate surface area is 138 Å². The molecule has 126 valence electrons. The zero-order chi connectivity index (χ0) is 16.8. The van der Waals surface area contributed by atoms with Gasteiger partial charge < -0.3 is 19.7 Å². The van der Waals surface area contributed by atoms with E-state index in [0.29, 0.717) is 29.4 Å². The summed E-state index contributed by atoms with van der Waals surface area (Å²) in [6.07, 6.45) is 3.47. The minimum atomic E-state index is 0.0508. The quantitative estimate of drug-likeness (QED) is 0.783. The van der Waals surface area contributed by atoms with Crippen LogP contribution in [-0.4, -0.2) is 51.7 Å². The Balaban J connectivity index is 2.26. The maximum Gasteiger partial charge on any atom is 0.254 e. The van der Waals surface area contributed by atoms with E-state index in [1.165, 1.54) is 0 Å². The monoisotopic (exact) mass is 318 g/mol. The van der Waals surface area contributed by atoms with E-state index in [9.17, 15) is 4.79 Å². The Bertz CT molecular complexity index is 572. The van der Waals surface area contributed by atoms with E-state index < -0.39 is 0 Å². The zero-order valence-electron chi connectivity index (χ0n) is 14.2. The normalized spacial score (nSPS) is 17.2. The molecule has 1 heterocycles. The molecule has 1 aliphatic rings. The van der Waals surface area contributed by atoms with Gasteiger partial charge in [-0.05, 0) is 44.5 Å². The molecule has 1 N–H and O–H groups in total. The Kier molecular flexibility index (Phi) is 6.04. The molecule has 0 saturated carbocycles. The molecule has 5 nitrogen and oxygen atoms in total. The summed E-state index contributed by atoms with van der Waals surface area (Å²) < 4.78 is 10.8. The first-order chi connectivity index (χ1) is 11.1. The summed E-state index contributed by atoms with van der Waals surface area (Å²) in [6.45, 7) is 6.31. The van der Waals surface area contributed by atoms with Crippen LogP contribution in [0.3, 0.4) is 0 Å². The Hall–Kier alpha value is -2.01. The molecule has 1 aromatic rings. The van der Waals surface area contributed by atoms with Crippen LogP contribution in [0.25, 0.3) is 0 Å². The van der Waals surface area contributed by atoms with Gasteiger partial charge >= 0.3 is 0 Å². The highest BCUT2D eigenvalue weighted by molar-refractivity contribution is 5.95. The lowest BCUT2D eigenvalue weighted by atomic mass is 10.0. The van der Waals surface area contributed by atoms with Crippen molar-refractivity contribution in [3.05, 3.63) is 35.9 Å². The van der Waals surface area contributed by atoms with Crippen LogP contribution in [0.15, 0.2) is 24.8 Å². The van der Waals surface area contributed by atoms with E-state index in [0.717, 1.165) is 31.6 Å². The maximum atomic E-state index is 12.8. The van der Waals surface area contributed by atoms with Crippen LogP contribution in [0.4, 0.5) is 0 Å². The molecule has 23 heavy (non-hydrogen) atoms. The lowest BCUT2D eigenvalue weighted by Crippen LogP contribution is -2.30. The van der Waals surface area contributed by atoms with E-state index >= 15 is 0 Å². The summed E-state index contributed by atoms with van der Waals surface area (Å²) in [4.78, 5) is 14.7. The van der Waals surface area contributed by atoms with Crippen LogP contribution < -0.4 is 14.8 Å². The number of nitrogens with zero attached hydrogens (tertiary/aromatic N) is 1. The Morgan fingerprint density at radius 2 is 2.22 bits per heavy atom. The second-order valence-corrected chi connectivity index (χ2v) is 5.83. The van der Waals surface area contributed by atoms with Gasteiger partial charge in [0, 0.05) is 24.2 Å². The van der Waals surface area contributed by atoms with Gasteiger partial charge in [0.2, 0.25) is 0 Å². The molecule has 0 bridgehead atoms. The van der Waals surface area contributed by atoms with Crippen molar-refractivity contribution in [3.63, 3.8) is 0 Å². The van der Waals surface area contributed by atoms with Crippen LogP contribution >= 0.6 is 0 Å². The van der Waals surface area contributed by atoms with Crippen molar-refractivity contribution >= 4 is 5.91 Å². The zero-order valence-corrected chi connectivity index (χ0v) is 14.2. The number of carbonyl (C=O) groups is 1. The van der Waals surface area contributed by atoms with Crippen LogP contribution in [-0.2, 0) is 6.42 Å². The SMILES string of the molecule is C=CCc1cc(C(=O)N2CCC(CNC)C2)cc(OC)c1OC. The van der Waals surface area contributed by atoms with Gasteiger partial charge in [0.15, 0.2) is 11.5 Å². The van der Waals surface area contributed by atoms with Crippen molar-refractivity contribution in [1.82, 2.24) is 10.2 Å². The summed E-state index contributed by atoms with van der Waals surface area (Å²) in [5, 5.41) is 3.18. The van der Waals surface area contributed by atoms with E-state index in [-0.39, 0.29) is 5.91 Å². The lowest BCUT2D eigenvalue weighted by molar-refractivity contribution is 0.0786. The molecule has 2 rings (SSSR count). The van der Waals surface area contributed by atoms with Crippen molar-refractivity contribution in [3.8, 4) is 11.5 Å². The molecule has 1 saturated heterocycles. The minimum Gasteiger partial charge on any atom is -0.493 e. The Morgan fingerprint density at radius 3 is 2.83 bits per heavy atom. The van der Waals surface area contributed by atoms with Gasteiger partial charge in [0.25, 0.3) is 5.91 Å². The molecule has 1 atom stereocenters. The molecule has 0 aliphatic carbocycles. The number of allylic oxidation sites excluding steroid dienone is 1. The van der Waals surface area contributed by atoms with Gasteiger partial charge in [-0.25, -0.2) is 0 Å². The smallest absolute Gasteiger partial charge is 0.254 e. The van der Waals surface area contributed by atoms with E-state index in [1.54, 1.807) is 26.4 Å². The van der Waals surface area contributed by atoms with E-state index in [2.05, 4.69) is 11.9 Å². The molecule has 0 spiro atoms. The fraction of sp³-hybridized carbons (Fsp3) is 0.500. The molecule has 1 amide bonds. The van der Waals surface area contributed by atoms with Crippen molar-refractivity contribution in [2.75, 3.05) is 40.9 Å². The van der Waals surface area contributed by atoms with Crippen LogP contribution in [0.1, 0.15) is 22.3 Å². The highest BCUT2D eigenvalue weighted by atomic mass is 16.5. The molecule has 1 fully saturated rings. The van der Waals surface area contributed by atoms with Gasteiger partial charge in [-0.1, -0.05) is 6.08 Å². The fourth-order valence-electron chi connectivity index (χ4n) is 3.13. The van der Waals surface area contributed by atoms with E-state index in [4.69, 9.17) is 9.47 Å². The second kappa shape index (κ2) is 8.02. The predicted molar refractivity (Wildman–Crippen MR) is 91.4 cm³/mol. The summed E-state index contributed by atoms with van der Waals surface area (Å²) in [5.74, 6) is 1.83. The number of hydrogen-bond donors (Lipinski definition) is 1. The largest absolute Gasteiger partial charge is 0.493 e. The van der Waals surface area contributed by atoms with Gasteiger partial charge in [0.1, 0.15) is 0 Å². The summed E-state index contributed by atoms with van der Waals surface area (Å²) >= 11 is 0. The number of amides is 1. The third kappa shape index (κ3) is 3.85. The molecule has 0 aromatic heterocycles. The van der Waals surface area contributed by atoms with E-state index in [1.807, 2.05) is 18.0 Å². The number of likely N-dealkylation sites (tertiary alicyclic amines) is 1. The highest BCUT2D eigenvalue weighted by Gasteiger charge is 2.27. The second-order valence-electron chi connectivity index (χ2n) is 5.83. The first-order valence-electron chi connectivity index (χ1n) is 7.94. The average Bonchev–Trinajstić information content (AvgIpc) is 3.02. The van der Waals surface area contributed by atoms with Gasteiger partial charge in [-0.15, -0.1) is 6.58 Å². The molecule has 5 heteroatoms. The molecular weight excluding hydrogens is 292 g/mol. The van der Waals surface area contributed by atoms with Crippen molar-refractivity contribution in [2.45, 2.75) is 12.8 Å². The molecule has 1 aliphatic heterocycles. The number of methoxy groups -OCH3 is 2. The van der Waals surface area contributed by atoms with Gasteiger partial charge in [-0.3, -0.25) is 4.79 Å². The lowest BCUT2D eigenvalue weighted by Gasteiger charge is -2.19. The minimum absolute atomic E-state index is 0.0508. The molecule has 0 radical (unpaired) electrons. The third-order valence-electron chi connectivity index (χ3n) is 4.23. The predicted octanol–water partition coefficient (Wildman–Crippen LogP) is 2.11. The number of nitrogens with one attached hydrogen (secondary N) is 1. The topological polar surface area (TPSA) is 50.8 Å². The fourth-order valence-corrected chi connectivity index (χ4v) is 3.13. The van der Waals surface area contributed by atoms with Crippen molar-refractivity contribution in [2.24, 2.45) is 5.92 Å². The molecular formula is C18H26N2O3. The first kappa shape index (κ1) is 17.3. The number of benzene rings is 1. The average molecular weight is 318 g/mol. The van der Waals surface area contributed by atoms with Crippen molar-refractivity contribution in [1.29, 1.82) is 0 Å². The Morgan fingerprint density at radius 1 is 1.43 bits per heavy atom. The summed E-state index contributed by atoms with van der Waals surface area (Å²) in [6, 6.07) is 3.65. The van der Waals surface area contributed by atoms with Crippen LogP contribution in [0, 0.1) is 5.92 Å². The number of carbonyl (C=O) groups excluding carboxylic acids is 1. The van der Waals surface area contributed by atoms with Crippen LogP contribution in [0.2, 0.25) is 0 Å². The molecule has 1 aromatic carbocycles. The first-order valence-corrected chi connectivity index (χ1v) is 7.94. The summed E-state index contributed by atoms with van der Waals surface area (Å²) in [5.41, 5.74) is 1.56. The summed E-state index contributed by atoms with van der Waals surface area (Å²) in [7, 11) is 5.14. The van der Waals surface area contributed by atoms with Crippen LogP contribution in [0.5, 0.6) is 11.5 Å². The number of hydrogen-bond acceptors (Lipinski definition) is 4. The number of ether oxygens (including phenoxy) is 2. The van der Waals surface area contributed by atoms with Gasteiger partial charge in [0.05, 0.1) is 14.2 Å².